The molecule has 0 saturated carbocycles. The largest absolute Gasteiger partial charge is 0.497 e. The first-order valence-electron chi connectivity index (χ1n) is 5.65. The summed E-state index contributed by atoms with van der Waals surface area (Å²) in [5.74, 6) is 0.825. The Morgan fingerprint density at radius 2 is 2.00 bits per heavy atom. The molecule has 0 amide bonds. The van der Waals surface area contributed by atoms with Crippen LogP contribution in [0.2, 0.25) is 0 Å². The number of benzene rings is 1. The van der Waals surface area contributed by atoms with Crippen LogP contribution in [0, 0.1) is 0 Å². The molecule has 3 heteroatoms. The maximum atomic E-state index is 10.7. The second kappa shape index (κ2) is 4.07. The molecular weight excluding hydrogens is 202 g/mol. The first-order chi connectivity index (χ1) is 7.58. The molecule has 1 N–H and O–H groups in total. The summed E-state index contributed by atoms with van der Waals surface area (Å²) in [6.45, 7) is 3.00. The zero-order chi connectivity index (χ0) is 11.8. The molecule has 1 fully saturated rings. The van der Waals surface area contributed by atoms with Crippen molar-refractivity contribution in [2.45, 2.75) is 25.0 Å². The molecule has 1 aromatic rings. The molecule has 16 heavy (non-hydrogen) atoms. The minimum atomic E-state index is -0.721. The van der Waals surface area contributed by atoms with Crippen LogP contribution in [-0.2, 0) is 5.60 Å². The summed E-state index contributed by atoms with van der Waals surface area (Å²) in [5.41, 5.74) is 0.256. The lowest BCUT2D eigenvalue weighted by molar-refractivity contribution is 0.0108. The molecule has 88 valence electrons. The Morgan fingerprint density at radius 3 is 2.44 bits per heavy atom. The van der Waals surface area contributed by atoms with E-state index in [1.54, 1.807) is 7.11 Å². The predicted molar refractivity (Wildman–Crippen MR) is 63.6 cm³/mol. The summed E-state index contributed by atoms with van der Waals surface area (Å²) >= 11 is 0. The van der Waals surface area contributed by atoms with Crippen molar-refractivity contribution in [3.8, 4) is 5.75 Å². The molecule has 2 rings (SSSR count). The van der Waals surface area contributed by atoms with Gasteiger partial charge in [-0.2, -0.15) is 0 Å². The van der Waals surface area contributed by atoms with Crippen LogP contribution in [0.25, 0.3) is 0 Å². The van der Waals surface area contributed by atoms with Crippen LogP contribution in [0.3, 0.4) is 0 Å². The topological polar surface area (TPSA) is 32.7 Å². The van der Waals surface area contributed by atoms with Gasteiger partial charge in [-0.25, -0.2) is 0 Å². The quantitative estimate of drug-likeness (QED) is 0.823. The van der Waals surface area contributed by atoms with Gasteiger partial charge in [0.2, 0.25) is 0 Å². The number of hydrogen-bond acceptors (Lipinski definition) is 3. The van der Waals surface area contributed by atoms with Crippen molar-refractivity contribution < 1.29 is 9.84 Å². The number of aliphatic hydroxyl groups is 1. The van der Waals surface area contributed by atoms with Crippen molar-refractivity contribution >= 4 is 0 Å². The monoisotopic (exact) mass is 221 g/mol. The molecule has 3 nitrogen and oxygen atoms in total. The summed E-state index contributed by atoms with van der Waals surface area (Å²) in [7, 11) is 3.70. The van der Waals surface area contributed by atoms with E-state index in [4.69, 9.17) is 4.74 Å². The highest BCUT2D eigenvalue weighted by molar-refractivity contribution is 5.32. The van der Waals surface area contributed by atoms with Crippen molar-refractivity contribution in [3.05, 3.63) is 29.8 Å². The number of nitrogens with zero attached hydrogens (tertiary/aromatic N) is 1. The van der Waals surface area contributed by atoms with Crippen molar-refractivity contribution in [1.82, 2.24) is 4.90 Å². The molecular formula is C13H19NO2. The maximum absolute atomic E-state index is 10.7. The standard InChI is InChI=1S/C13H19NO2/c1-10-13(15,8-9-14(10)2)11-4-6-12(16-3)7-5-11/h4-7,10,15H,8-9H2,1-3H3/t10-,13-/m1/s1. The van der Waals surface area contributed by atoms with Crippen LogP contribution in [0.1, 0.15) is 18.9 Å². The van der Waals surface area contributed by atoms with Gasteiger partial charge >= 0.3 is 0 Å². The lowest BCUT2D eigenvalue weighted by Crippen LogP contribution is -2.38. The van der Waals surface area contributed by atoms with E-state index in [9.17, 15) is 5.11 Å². The smallest absolute Gasteiger partial charge is 0.118 e. The van der Waals surface area contributed by atoms with Crippen molar-refractivity contribution in [2.75, 3.05) is 20.7 Å². The Balaban J connectivity index is 2.29. The molecule has 2 atom stereocenters. The van der Waals surface area contributed by atoms with Gasteiger partial charge in [0.1, 0.15) is 11.4 Å². The molecule has 1 heterocycles. The van der Waals surface area contributed by atoms with Gasteiger partial charge in [-0.15, -0.1) is 0 Å². The van der Waals surface area contributed by atoms with Gasteiger partial charge in [-0.3, -0.25) is 0 Å². The fraction of sp³-hybridized carbons (Fsp3) is 0.538. The van der Waals surface area contributed by atoms with Crippen LogP contribution in [0.4, 0.5) is 0 Å². The second-order valence-electron chi connectivity index (χ2n) is 4.56. The van der Waals surface area contributed by atoms with Gasteiger partial charge in [-0.1, -0.05) is 12.1 Å². The molecule has 0 unspecified atom stereocenters. The van der Waals surface area contributed by atoms with Crippen LogP contribution in [-0.4, -0.2) is 36.8 Å². The Morgan fingerprint density at radius 1 is 1.38 bits per heavy atom. The van der Waals surface area contributed by atoms with Crippen LogP contribution < -0.4 is 4.74 Å². The van der Waals surface area contributed by atoms with Crippen LogP contribution in [0.15, 0.2) is 24.3 Å². The minimum Gasteiger partial charge on any atom is -0.497 e. The summed E-state index contributed by atoms with van der Waals surface area (Å²) in [6.07, 6.45) is 0.789. The first kappa shape index (κ1) is 11.4. The number of likely N-dealkylation sites (N-methyl/N-ethyl adjacent to an activating group) is 1. The molecule has 0 spiro atoms. The fourth-order valence-corrected chi connectivity index (χ4v) is 2.38. The third-order valence-corrected chi connectivity index (χ3v) is 3.79. The number of likely N-dealkylation sites (tertiary alicyclic amines) is 1. The summed E-state index contributed by atoms with van der Waals surface area (Å²) in [5, 5.41) is 10.7. The highest BCUT2D eigenvalue weighted by atomic mass is 16.5. The van der Waals surface area contributed by atoms with Crippen molar-refractivity contribution in [1.29, 1.82) is 0 Å². The van der Waals surface area contributed by atoms with E-state index < -0.39 is 5.60 Å². The lowest BCUT2D eigenvalue weighted by atomic mass is 9.87. The van der Waals surface area contributed by atoms with Crippen molar-refractivity contribution in [3.63, 3.8) is 0 Å². The summed E-state index contributed by atoms with van der Waals surface area (Å²) < 4.78 is 5.12. The third kappa shape index (κ3) is 1.70. The Kier molecular flexibility index (Phi) is 2.91. The molecule has 1 aliphatic rings. The third-order valence-electron chi connectivity index (χ3n) is 3.79. The molecule has 0 radical (unpaired) electrons. The average Bonchev–Trinajstić information content (AvgIpc) is 2.59. The number of hydrogen-bond donors (Lipinski definition) is 1. The molecule has 0 aliphatic carbocycles. The number of ether oxygens (including phenoxy) is 1. The normalized spacial score (nSPS) is 30.6. The van der Waals surface area contributed by atoms with Gasteiger partial charge in [0.05, 0.1) is 7.11 Å². The van der Waals surface area contributed by atoms with E-state index in [1.807, 2.05) is 31.3 Å². The van der Waals surface area contributed by atoms with E-state index in [0.717, 1.165) is 24.3 Å². The summed E-state index contributed by atoms with van der Waals surface area (Å²) in [6, 6.07) is 7.86. The predicted octanol–water partition coefficient (Wildman–Crippen LogP) is 1.61. The van der Waals surface area contributed by atoms with E-state index in [2.05, 4.69) is 11.8 Å². The van der Waals surface area contributed by atoms with Gasteiger partial charge in [0, 0.05) is 12.6 Å². The molecule has 1 aliphatic heterocycles. The zero-order valence-electron chi connectivity index (χ0n) is 10.1. The van der Waals surface area contributed by atoms with E-state index in [-0.39, 0.29) is 6.04 Å². The molecule has 0 aromatic heterocycles. The Labute approximate surface area is 96.6 Å². The number of methoxy groups -OCH3 is 1. The van der Waals surface area contributed by atoms with Gasteiger partial charge < -0.3 is 14.7 Å². The SMILES string of the molecule is COc1ccc([C@@]2(O)CCN(C)[C@@H]2C)cc1. The summed E-state index contributed by atoms with van der Waals surface area (Å²) in [4.78, 5) is 2.18. The first-order valence-corrected chi connectivity index (χ1v) is 5.65. The minimum absolute atomic E-state index is 0.154. The van der Waals surface area contributed by atoms with E-state index in [0.29, 0.717) is 0 Å². The molecule has 0 bridgehead atoms. The fourth-order valence-electron chi connectivity index (χ4n) is 2.38. The van der Waals surface area contributed by atoms with E-state index >= 15 is 0 Å². The average molecular weight is 221 g/mol. The van der Waals surface area contributed by atoms with Crippen molar-refractivity contribution in [2.24, 2.45) is 0 Å². The zero-order valence-corrected chi connectivity index (χ0v) is 10.1. The van der Waals surface area contributed by atoms with Gasteiger partial charge in [0.15, 0.2) is 0 Å². The molecule has 1 saturated heterocycles. The van der Waals surface area contributed by atoms with Gasteiger partial charge in [0.25, 0.3) is 0 Å². The van der Waals surface area contributed by atoms with E-state index in [1.165, 1.54) is 0 Å². The number of rotatable bonds is 2. The molecule has 1 aromatic carbocycles. The second-order valence-corrected chi connectivity index (χ2v) is 4.56. The van der Waals surface area contributed by atoms with Crippen LogP contribution >= 0.6 is 0 Å². The lowest BCUT2D eigenvalue weighted by Gasteiger charge is -2.30. The highest BCUT2D eigenvalue weighted by Crippen LogP contribution is 2.37. The highest BCUT2D eigenvalue weighted by Gasteiger charge is 2.42. The maximum Gasteiger partial charge on any atom is 0.118 e. The van der Waals surface area contributed by atoms with Crippen LogP contribution in [0.5, 0.6) is 5.75 Å². The Hall–Kier alpha value is -1.06. The van der Waals surface area contributed by atoms with Gasteiger partial charge in [-0.05, 0) is 38.1 Å². The Bertz CT molecular complexity index is 363.